The minimum Gasteiger partial charge on any atom is -0.466 e. The first-order valence-electron chi connectivity index (χ1n) is 6.48. The van der Waals surface area contributed by atoms with Crippen LogP contribution < -0.4 is 5.32 Å². The Kier molecular flexibility index (Phi) is 4.84. The second-order valence-corrected chi connectivity index (χ2v) is 5.83. The van der Waals surface area contributed by atoms with Gasteiger partial charge in [0.15, 0.2) is 0 Å². The van der Waals surface area contributed by atoms with Crippen molar-refractivity contribution in [3.8, 4) is 0 Å². The molecule has 1 saturated heterocycles. The second kappa shape index (κ2) is 6.19. The van der Waals surface area contributed by atoms with E-state index < -0.39 is 0 Å². The summed E-state index contributed by atoms with van der Waals surface area (Å²) in [5.74, 6) is 1.00. The molecule has 2 rings (SSSR count). The van der Waals surface area contributed by atoms with E-state index in [0.29, 0.717) is 6.04 Å². The van der Waals surface area contributed by atoms with Crippen molar-refractivity contribution >= 4 is 15.9 Å². The van der Waals surface area contributed by atoms with Crippen molar-refractivity contribution in [2.24, 2.45) is 0 Å². The lowest BCUT2D eigenvalue weighted by Crippen LogP contribution is -2.55. The van der Waals surface area contributed by atoms with Crippen LogP contribution in [-0.4, -0.2) is 56.1 Å². The molecular weight excluding hydrogens is 294 g/mol. The van der Waals surface area contributed by atoms with Crippen LogP contribution in [0.25, 0.3) is 0 Å². The lowest BCUT2D eigenvalue weighted by atomic mass is 10.0. The lowest BCUT2D eigenvalue weighted by Gasteiger charge is -2.41. The highest BCUT2D eigenvalue weighted by molar-refractivity contribution is 9.10. The summed E-state index contributed by atoms with van der Waals surface area (Å²) in [6.07, 6.45) is 1.75. The average Bonchev–Trinajstić information content (AvgIpc) is 2.76. The van der Waals surface area contributed by atoms with E-state index >= 15 is 0 Å². The van der Waals surface area contributed by atoms with Crippen LogP contribution >= 0.6 is 15.9 Å². The molecule has 1 fully saturated rings. The largest absolute Gasteiger partial charge is 0.466 e. The molecule has 4 nitrogen and oxygen atoms in total. The van der Waals surface area contributed by atoms with Gasteiger partial charge in [0.2, 0.25) is 0 Å². The van der Waals surface area contributed by atoms with E-state index in [-0.39, 0.29) is 6.04 Å². The first-order chi connectivity index (χ1) is 8.63. The fourth-order valence-electron chi connectivity index (χ4n) is 2.55. The summed E-state index contributed by atoms with van der Waals surface area (Å²) in [5, 5.41) is 3.55. The molecule has 0 aromatic carbocycles. The molecule has 1 aliphatic heterocycles. The molecule has 0 saturated carbocycles. The Morgan fingerprint density at radius 2 is 2.28 bits per heavy atom. The molecule has 2 unspecified atom stereocenters. The molecule has 1 N–H and O–H groups in total. The molecule has 0 radical (unpaired) electrons. The van der Waals surface area contributed by atoms with Crippen LogP contribution in [0.3, 0.4) is 0 Å². The predicted octanol–water partition coefficient (Wildman–Crippen LogP) is 1.94. The molecule has 1 aliphatic rings. The van der Waals surface area contributed by atoms with Crippen LogP contribution in [-0.2, 0) is 0 Å². The lowest BCUT2D eigenvalue weighted by molar-refractivity contribution is 0.0817. The molecule has 1 aromatic rings. The van der Waals surface area contributed by atoms with Gasteiger partial charge in [0.25, 0.3) is 0 Å². The van der Waals surface area contributed by atoms with E-state index in [2.05, 4.69) is 52.1 Å². The molecule has 102 valence electrons. The molecule has 18 heavy (non-hydrogen) atoms. The van der Waals surface area contributed by atoms with E-state index in [9.17, 15) is 0 Å². The molecule has 2 atom stereocenters. The number of furan rings is 1. The van der Waals surface area contributed by atoms with Crippen molar-refractivity contribution in [3.05, 3.63) is 22.6 Å². The Morgan fingerprint density at radius 3 is 2.89 bits per heavy atom. The van der Waals surface area contributed by atoms with Crippen LogP contribution in [0.15, 0.2) is 21.2 Å². The summed E-state index contributed by atoms with van der Waals surface area (Å²) in [7, 11) is 4.37. The summed E-state index contributed by atoms with van der Waals surface area (Å²) in [6.45, 7) is 6.36. The molecule has 0 bridgehead atoms. The monoisotopic (exact) mass is 315 g/mol. The standard InChI is InChI=1S/C13H22BrN3O/c1-4-15-12(13-10(14)5-8-18-13)11-9-16(2)6-7-17(11)3/h5,8,11-12,15H,4,6-7,9H2,1-3H3. The Balaban J connectivity index is 2.21. The Bertz CT molecular complexity index is 382. The van der Waals surface area contributed by atoms with Gasteiger partial charge in [-0.25, -0.2) is 0 Å². The van der Waals surface area contributed by atoms with E-state index in [1.165, 1.54) is 0 Å². The number of nitrogens with zero attached hydrogens (tertiary/aromatic N) is 2. The fourth-order valence-corrected chi connectivity index (χ4v) is 3.00. The highest BCUT2D eigenvalue weighted by Gasteiger charge is 2.33. The van der Waals surface area contributed by atoms with E-state index in [1.54, 1.807) is 6.26 Å². The van der Waals surface area contributed by atoms with Crippen molar-refractivity contribution in [3.63, 3.8) is 0 Å². The van der Waals surface area contributed by atoms with E-state index in [0.717, 1.165) is 36.4 Å². The minimum absolute atomic E-state index is 0.229. The minimum atomic E-state index is 0.229. The molecule has 0 aliphatic carbocycles. The van der Waals surface area contributed by atoms with Gasteiger partial charge in [-0.3, -0.25) is 4.90 Å². The van der Waals surface area contributed by atoms with Crippen LogP contribution in [0.1, 0.15) is 18.7 Å². The van der Waals surface area contributed by atoms with Crippen molar-refractivity contribution in [2.45, 2.75) is 19.0 Å². The maximum absolute atomic E-state index is 5.66. The molecule has 5 heteroatoms. The van der Waals surface area contributed by atoms with Gasteiger partial charge in [-0.05, 0) is 42.6 Å². The van der Waals surface area contributed by atoms with Crippen molar-refractivity contribution in [1.29, 1.82) is 0 Å². The van der Waals surface area contributed by atoms with Crippen LogP contribution in [0.4, 0.5) is 0 Å². The summed E-state index contributed by atoms with van der Waals surface area (Å²) >= 11 is 3.57. The average molecular weight is 316 g/mol. The van der Waals surface area contributed by atoms with E-state index in [4.69, 9.17) is 4.42 Å². The maximum Gasteiger partial charge on any atom is 0.136 e. The smallest absolute Gasteiger partial charge is 0.136 e. The van der Waals surface area contributed by atoms with Gasteiger partial charge in [0.1, 0.15) is 5.76 Å². The van der Waals surface area contributed by atoms with E-state index in [1.807, 2.05) is 6.07 Å². The predicted molar refractivity (Wildman–Crippen MR) is 76.7 cm³/mol. The van der Waals surface area contributed by atoms with Gasteiger partial charge in [-0.1, -0.05) is 6.92 Å². The number of piperazine rings is 1. The summed E-state index contributed by atoms with van der Waals surface area (Å²) < 4.78 is 6.71. The number of rotatable bonds is 4. The van der Waals surface area contributed by atoms with Crippen molar-refractivity contribution < 1.29 is 4.42 Å². The zero-order valence-corrected chi connectivity index (χ0v) is 12.9. The quantitative estimate of drug-likeness (QED) is 0.920. The number of nitrogens with one attached hydrogen (secondary N) is 1. The van der Waals surface area contributed by atoms with Crippen LogP contribution in [0.2, 0.25) is 0 Å². The first-order valence-corrected chi connectivity index (χ1v) is 7.27. The molecule has 1 aromatic heterocycles. The number of halogens is 1. The van der Waals surface area contributed by atoms with Gasteiger partial charge in [-0.15, -0.1) is 0 Å². The number of likely N-dealkylation sites (N-methyl/N-ethyl adjacent to an activating group) is 3. The first kappa shape index (κ1) is 14.1. The van der Waals surface area contributed by atoms with Gasteiger partial charge < -0.3 is 14.6 Å². The second-order valence-electron chi connectivity index (χ2n) is 4.98. The molecule has 0 amide bonds. The summed E-state index contributed by atoms with van der Waals surface area (Å²) in [6, 6.07) is 2.63. The van der Waals surface area contributed by atoms with Crippen molar-refractivity contribution in [2.75, 3.05) is 40.3 Å². The number of hydrogen-bond donors (Lipinski definition) is 1. The zero-order valence-electron chi connectivity index (χ0n) is 11.3. The Hall–Kier alpha value is -0.360. The topological polar surface area (TPSA) is 31.7 Å². The Labute approximate surface area is 117 Å². The highest BCUT2D eigenvalue weighted by atomic mass is 79.9. The third-order valence-electron chi connectivity index (χ3n) is 3.64. The molecule has 2 heterocycles. The van der Waals surface area contributed by atoms with Gasteiger partial charge in [0, 0.05) is 25.7 Å². The van der Waals surface area contributed by atoms with Crippen LogP contribution in [0, 0.1) is 0 Å². The van der Waals surface area contributed by atoms with Gasteiger partial charge in [0.05, 0.1) is 16.8 Å². The third-order valence-corrected chi connectivity index (χ3v) is 4.29. The highest BCUT2D eigenvalue weighted by Crippen LogP contribution is 2.29. The summed E-state index contributed by atoms with van der Waals surface area (Å²) in [4.78, 5) is 4.80. The fraction of sp³-hybridized carbons (Fsp3) is 0.692. The Morgan fingerprint density at radius 1 is 1.50 bits per heavy atom. The van der Waals surface area contributed by atoms with Gasteiger partial charge >= 0.3 is 0 Å². The van der Waals surface area contributed by atoms with Crippen molar-refractivity contribution in [1.82, 2.24) is 15.1 Å². The zero-order chi connectivity index (χ0) is 13.1. The van der Waals surface area contributed by atoms with Gasteiger partial charge in [-0.2, -0.15) is 0 Å². The molecular formula is C13H22BrN3O. The summed E-state index contributed by atoms with van der Waals surface area (Å²) in [5.41, 5.74) is 0. The number of hydrogen-bond acceptors (Lipinski definition) is 4. The molecule has 0 spiro atoms. The third kappa shape index (κ3) is 2.96. The maximum atomic E-state index is 5.66. The normalized spacial score (nSPS) is 24.3. The van der Waals surface area contributed by atoms with Crippen LogP contribution in [0.5, 0.6) is 0 Å². The SMILES string of the molecule is CCNC(c1occc1Br)C1CN(C)CCN1C.